The first-order chi connectivity index (χ1) is 11.5. The van der Waals surface area contributed by atoms with Gasteiger partial charge < -0.3 is 15.7 Å². The van der Waals surface area contributed by atoms with Crippen LogP contribution in [0.3, 0.4) is 0 Å². The third-order valence-corrected chi connectivity index (χ3v) is 4.74. The normalized spacial score (nSPS) is 14.2. The van der Waals surface area contributed by atoms with Crippen LogP contribution in [0.5, 0.6) is 0 Å². The molecular formula is C18H26N4OS. The molecule has 130 valence electrons. The van der Waals surface area contributed by atoms with Crippen molar-refractivity contribution in [1.82, 2.24) is 15.6 Å². The van der Waals surface area contributed by atoms with Gasteiger partial charge in [-0.15, -0.1) is 11.3 Å². The molecule has 0 fully saturated rings. The predicted octanol–water partition coefficient (Wildman–Crippen LogP) is 2.46. The molecule has 1 unspecified atom stereocenters. The van der Waals surface area contributed by atoms with E-state index >= 15 is 0 Å². The minimum Gasteiger partial charge on any atom is -0.383 e. The van der Waals surface area contributed by atoms with Crippen LogP contribution >= 0.6 is 11.3 Å². The molecule has 0 radical (unpaired) electrons. The van der Waals surface area contributed by atoms with Gasteiger partial charge in [-0.1, -0.05) is 12.1 Å². The fourth-order valence-electron chi connectivity index (χ4n) is 2.21. The molecule has 0 aliphatic heterocycles. The van der Waals surface area contributed by atoms with Gasteiger partial charge in [-0.05, 0) is 50.3 Å². The number of hydrogen-bond acceptors (Lipinski definition) is 4. The number of nitrogens with zero attached hydrogens (tertiary/aromatic N) is 2. The second kappa shape index (κ2) is 8.80. The summed E-state index contributed by atoms with van der Waals surface area (Å²) >= 11 is 1.54. The second-order valence-corrected chi connectivity index (χ2v) is 6.88. The first-order valence-corrected chi connectivity index (χ1v) is 9.09. The Kier molecular flexibility index (Phi) is 6.75. The molecule has 2 aromatic heterocycles. The number of aliphatic hydroxyl groups is 1. The van der Waals surface area contributed by atoms with Crippen molar-refractivity contribution in [2.75, 3.05) is 19.6 Å². The molecule has 1 atom stereocenters. The van der Waals surface area contributed by atoms with Crippen LogP contribution in [0.4, 0.5) is 0 Å². The van der Waals surface area contributed by atoms with Crippen LogP contribution in [-0.2, 0) is 12.0 Å². The fourth-order valence-corrected chi connectivity index (χ4v) is 2.99. The SMILES string of the molecule is CCNC(=NCC(C)(O)c1cccs1)NCCc1ccc(C)nc1. The van der Waals surface area contributed by atoms with Crippen LogP contribution in [0, 0.1) is 6.92 Å². The van der Waals surface area contributed by atoms with Gasteiger partial charge in [0.25, 0.3) is 0 Å². The smallest absolute Gasteiger partial charge is 0.191 e. The van der Waals surface area contributed by atoms with E-state index in [1.165, 1.54) is 5.56 Å². The van der Waals surface area contributed by atoms with Crippen molar-refractivity contribution in [1.29, 1.82) is 0 Å². The molecule has 2 aromatic rings. The highest BCUT2D eigenvalue weighted by Crippen LogP contribution is 2.25. The summed E-state index contributed by atoms with van der Waals surface area (Å²) in [5.41, 5.74) is 1.27. The Morgan fingerprint density at radius 3 is 2.79 bits per heavy atom. The molecule has 2 heterocycles. The number of nitrogens with one attached hydrogen (secondary N) is 2. The number of aryl methyl sites for hydroxylation is 1. The van der Waals surface area contributed by atoms with Crippen LogP contribution in [0.25, 0.3) is 0 Å². The first-order valence-electron chi connectivity index (χ1n) is 8.21. The summed E-state index contributed by atoms with van der Waals surface area (Å²) in [5, 5.41) is 19.0. The lowest BCUT2D eigenvalue weighted by molar-refractivity contribution is 0.0711. The van der Waals surface area contributed by atoms with Gasteiger partial charge in [-0.25, -0.2) is 4.99 Å². The fraction of sp³-hybridized carbons (Fsp3) is 0.444. The van der Waals surface area contributed by atoms with Gasteiger partial charge in [0.15, 0.2) is 5.96 Å². The van der Waals surface area contributed by atoms with Gasteiger partial charge in [0.05, 0.1) is 6.54 Å². The highest BCUT2D eigenvalue weighted by molar-refractivity contribution is 7.10. The lowest BCUT2D eigenvalue weighted by atomic mass is 10.1. The van der Waals surface area contributed by atoms with E-state index in [9.17, 15) is 5.11 Å². The van der Waals surface area contributed by atoms with Crippen molar-refractivity contribution in [3.8, 4) is 0 Å². The average molecular weight is 347 g/mol. The van der Waals surface area contributed by atoms with Crippen molar-refractivity contribution in [2.24, 2.45) is 4.99 Å². The quantitative estimate of drug-likeness (QED) is 0.532. The van der Waals surface area contributed by atoms with Gasteiger partial charge in [0, 0.05) is 29.9 Å². The van der Waals surface area contributed by atoms with Crippen molar-refractivity contribution < 1.29 is 5.11 Å². The van der Waals surface area contributed by atoms with E-state index in [2.05, 4.69) is 26.7 Å². The number of pyridine rings is 1. The lowest BCUT2D eigenvalue weighted by Gasteiger charge is -2.20. The van der Waals surface area contributed by atoms with Crippen molar-refractivity contribution in [3.63, 3.8) is 0 Å². The number of aliphatic imine (C=N–C) groups is 1. The molecule has 2 rings (SSSR count). The third kappa shape index (κ3) is 5.62. The Balaban J connectivity index is 1.89. The zero-order valence-corrected chi connectivity index (χ0v) is 15.4. The minimum atomic E-state index is -0.947. The molecular weight excluding hydrogens is 320 g/mol. The van der Waals surface area contributed by atoms with Crippen molar-refractivity contribution >= 4 is 17.3 Å². The summed E-state index contributed by atoms with van der Waals surface area (Å²) in [6.45, 7) is 7.66. The largest absolute Gasteiger partial charge is 0.383 e. The maximum absolute atomic E-state index is 10.6. The van der Waals surface area contributed by atoms with Crippen LogP contribution in [-0.4, -0.2) is 35.7 Å². The topological polar surface area (TPSA) is 69.5 Å². The third-order valence-electron chi connectivity index (χ3n) is 3.62. The molecule has 3 N–H and O–H groups in total. The van der Waals surface area contributed by atoms with Gasteiger partial charge in [0.1, 0.15) is 5.60 Å². The van der Waals surface area contributed by atoms with Crippen LogP contribution in [0.2, 0.25) is 0 Å². The molecule has 24 heavy (non-hydrogen) atoms. The van der Waals surface area contributed by atoms with Gasteiger partial charge in [-0.3, -0.25) is 4.98 Å². The van der Waals surface area contributed by atoms with E-state index in [-0.39, 0.29) is 0 Å². The number of aromatic nitrogens is 1. The maximum Gasteiger partial charge on any atom is 0.191 e. The molecule has 0 aromatic carbocycles. The van der Waals surface area contributed by atoms with Gasteiger partial charge >= 0.3 is 0 Å². The summed E-state index contributed by atoms with van der Waals surface area (Å²) in [4.78, 5) is 9.75. The van der Waals surface area contributed by atoms with E-state index in [1.54, 1.807) is 18.3 Å². The Bertz CT molecular complexity index is 636. The minimum absolute atomic E-state index is 0.314. The molecule has 0 bridgehead atoms. The Labute approximate surface area is 147 Å². The number of thiophene rings is 1. The van der Waals surface area contributed by atoms with Gasteiger partial charge in [0.2, 0.25) is 0 Å². The Morgan fingerprint density at radius 2 is 2.17 bits per heavy atom. The highest BCUT2D eigenvalue weighted by Gasteiger charge is 2.23. The summed E-state index contributed by atoms with van der Waals surface area (Å²) < 4.78 is 0. The summed E-state index contributed by atoms with van der Waals surface area (Å²) in [5.74, 6) is 0.717. The van der Waals surface area contributed by atoms with Crippen molar-refractivity contribution in [2.45, 2.75) is 32.8 Å². The molecule has 0 spiro atoms. The zero-order chi connectivity index (χ0) is 17.4. The Hall–Kier alpha value is -1.92. The second-order valence-electron chi connectivity index (χ2n) is 5.93. The first kappa shape index (κ1) is 18.4. The van der Waals surface area contributed by atoms with E-state index < -0.39 is 5.60 Å². The molecule has 0 saturated carbocycles. The highest BCUT2D eigenvalue weighted by atomic mass is 32.1. The summed E-state index contributed by atoms with van der Waals surface area (Å²) in [6, 6.07) is 7.99. The monoisotopic (exact) mass is 346 g/mol. The molecule has 0 saturated heterocycles. The number of rotatable bonds is 7. The lowest BCUT2D eigenvalue weighted by Crippen LogP contribution is -2.39. The summed E-state index contributed by atoms with van der Waals surface area (Å²) in [7, 11) is 0. The van der Waals surface area contributed by atoms with E-state index in [0.717, 1.165) is 36.0 Å². The maximum atomic E-state index is 10.6. The van der Waals surface area contributed by atoms with Gasteiger partial charge in [-0.2, -0.15) is 0 Å². The van der Waals surface area contributed by atoms with E-state index in [4.69, 9.17) is 0 Å². The molecule has 6 heteroatoms. The average Bonchev–Trinajstić information content (AvgIpc) is 3.10. The van der Waals surface area contributed by atoms with Crippen LogP contribution in [0.15, 0.2) is 40.8 Å². The van der Waals surface area contributed by atoms with E-state index in [1.807, 2.05) is 43.6 Å². The molecule has 0 aliphatic carbocycles. The molecule has 0 amide bonds. The zero-order valence-electron chi connectivity index (χ0n) is 14.5. The van der Waals surface area contributed by atoms with Crippen molar-refractivity contribution in [3.05, 3.63) is 52.0 Å². The van der Waals surface area contributed by atoms with Crippen LogP contribution < -0.4 is 10.6 Å². The molecule has 5 nitrogen and oxygen atoms in total. The number of guanidine groups is 1. The predicted molar refractivity (Wildman–Crippen MR) is 101 cm³/mol. The number of hydrogen-bond donors (Lipinski definition) is 3. The summed E-state index contributed by atoms with van der Waals surface area (Å²) in [6.07, 6.45) is 2.78. The standard InChI is InChI=1S/C18H26N4OS/c1-4-19-17(20-10-9-15-8-7-14(2)21-12-15)22-13-18(3,23)16-6-5-11-24-16/h5-8,11-12,23H,4,9-10,13H2,1-3H3,(H2,19,20,22). The van der Waals surface area contributed by atoms with E-state index in [0.29, 0.717) is 6.54 Å². The van der Waals surface area contributed by atoms with Crippen LogP contribution in [0.1, 0.15) is 30.0 Å². The molecule has 0 aliphatic rings. The Morgan fingerprint density at radius 1 is 1.33 bits per heavy atom.